The highest BCUT2D eigenvalue weighted by Crippen LogP contribution is 2.31. The Hall–Kier alpha value is -2.60. The van der Waals surface area contributed by atoms with Crippen LogP contribution >= 0.6 is 11.6 Å². The van der Waals surface area contributed by atoms with Gasteiger partial charge < -0.3 is 10.1 Å². The van der Waals surface area contributed by atoms with E-state index in [4.69, 9.17) is 16.3 Å². The number of hydrogen-bond acceptors (Lipinski definition) is 4. The Morgan fingerprint density at radius 1 is 1.32 bits per heavy atom. The lowest BCUT2D eigenvalue weighted by Gasteiger charge is -2.26. The van der Waals surface area contributed by atoms with Gasteiger partial charge in [-0.15, -0.1) is 0 Å². The molecule has 6 nitrogen and oxygen atoms in total. The highest BCUT2D eigenvalue weighted by atomic mass is 35.5. The quantitative estimate of drug-likeness (QED) is 0.649. The lowest BCUT2D eigenvalue weighted by atomic mass is 9.88. The van der Waals surface area contributed by atoms with Crippen molar-refractivity contribution in [1.29, 1.82) is 0 Å². The molecule has 1 aliphatic carbocycles. The van der Waals surface area contributed by atoms with Crippen LogP contribution in [-0.4, -0.2) is 17.4 Å². The van der Waals surface area contributed by atoms with Crippen LogP contribution < -0.4 is 10.1 Å². The first-order chi connectivity index (χ1) is 12.0. The first-order valence-electron chi connectivity index (χ1n) is 7.98. The number of ether oxygens (including phenoxy) is 1. The molecule has 25 heavy (non-hydrogen) atoms. The summed E-state index contributed by atoms with van der Waals surface area (Å²) in [5.74, 6) is -0.292. The zero-order chi connectivity index (χ0) is 17.8. The second kappa shape index (κ2) is 7.53. The van der Waals surface area contributed by atoms with E-state index in [0.717, 1.165) is 24.8 Å². The molecule has 1 atom stereocenters. The number of aryl methyl sites for hydroxylation is 1. The van der Waals surface area contributed by atoms with Gasteiger partial charge in [-0.25, -0.2) is 0 Å². The Morgan fingerprint density at radius 3 is 2.92 bits per heavy atom. The molecule has 130 valence electrons. The minimum absolute atomic E-state index is 0.0218. The molecule has 3 rings (SSSR count). The van der Waals surface area contributed by atoms with E-state index in [1.54, 1.807) is 0 Å². The topological polar surface area (TPSA) is 81.5 Å². The number of nitro benzene ring substituents is 1. The Morgan fingerprint density at radius 2 is 2.12 bits per heavy atom. The molecule has 7 heteroatoms. The third kappa shape index (κ3) is 4.09. The third-order valence-corrected chi connectivity index (χ3v) is 4.42. The zero-order valence-corrected chi connectivity index (χ0v) is 14.2. The Labute approximate surface area is 149 Å². The van der Waals surface area contributed by atoms with Crippen LogP contribution in [0.4, 0.5) is 5.69 Å². The van der Waals surface area contributed by atoms with Crippen LogP contribution in [0.5, 0.6) is 5.75 Å². The molecule has 2 aromatic rings. The van der Waals surface area contributed by atoms with E-state index in [9.17, 15) is 14.9 Å². The summed E-state index contributed by atoms with van der Waals surface area (Å²) in [6.45, 7) is -0.291. The van der Waals surface area contributed by atoms with Crippen molar-refractivity contribution >= 4 is 23.2 Å². The van der Waals surface area contributed by atoms with Gasteiger partial charge in [0, 0.05) is 11.1 Å². The number of fused-ring (bicyclic) bond motifs is 1. The smallest absolute Gasteiger partial charge is 0.312 e. The van der Waals surface area contributed by atoms with Gasteiger partial charge in [-0.1, -0.05) is 35.9 Å². The van der Waals surface area contributed by atoms with Gasteiger partial charge in [-0.2, -0.15) is 0 Å². The van der Waals surface area contributed by atoms with Crippen molar-refractivity contribution in [2.24, 2.45) is 0 Å². The standard InChI is InChI=1S/C18H17ClN2O4/c19-13-8-9-17(16(10-13)21(23)24)25-11-18(22)20-15-7-3-5-12-4-1-2-6-14(12)15/h1-2,4,6,8-10,15H,3,5,7,11H2,(H,20,22)/t15-/m1/s1. The second-order valence-corrected chi connectivity index (χ2v) is 6.31. The molecule has 0 spiro atoms. The van der Waals surface area contributed by atoms with E-state index in [2.05, 4.69) is 11.4 Å². The Balaban J connectivity index is 1.64. The molecule has 1 N–H and O–H groups in total. The third-order valence-electron chi connectivity index (χ3n) is 4.18. The normalized spacial score (nSPS) is 16.0. The fourth-order valence-corrected chi connectivity index (χ4v) is 3.20. The minimum atomic E-state index is -0.587. The molecule has 0 fully saturated rings. The van der Waals surface area contributed by atoms with E-state index in [-0.39, 0.29) is 35.0 Å². The van der Waals surface area contributed by atoms with Crippen molar-refractivity contribution in [3.8, 4) is 5.75 Å². The molecule has 0 unspecified atom stereocenters. The van der Waals surface area contributed by atoms with Gasteiger partial charge in [0.2, 0.25) is 0 Å². The SMILES string of the molecule is O=C(COc1ccc(Cl)cc1[N+](=O)[O-])N[C@@H]1CCCc2ccccc21. The molecule has 1 aliphatic rings. The van der Waals surface area contributed by atoms with Crippen LogP contribution in [0.1, 0.15) is 30.0 Å². The van der Waals surface area contributed by atoms with Crippen LogP contribution in [-0.2, 0) is 11.2 Å². The van der Waals surface area contributed by atoms with E-state index >= 15 is 0 Å². The van der Waals surface area contributed by atoms with Gasteiger partial charge in [0.1, 0.15) is 0 Å². The maximum absolute atomic E-state index is 12.2. The number of carbonyl (C=O) groups is 1. The van der Waals surface area contributed by atoms with Gasteiger partial charge >= 0.3 is 5.69 Å². The summed E-state index contributed by atoms with van der Waals surface area (Å²) >= 11 is 5.76. The number of halogens is 1. The summed E-state index contributed by atoms with van der Waals surface area (Å²) in [6, 6.07) is 12.1. The van der Waals surface area contributed by atoms with Gasteiger partial charge in [0.15, 0.2) is 12.4 Å². The lowest BCUT2D eigenvalue weighted by Crippen LogP contribution is -2.34. The van der Waals surface area contributed by atoms with Crippen LogP contribution in [0.2, 0.25) is 5.02 Å². The van der Waals surface area contributed by atoms with Gasteiger partial charge in [0.05, 0.1) is 11.0 Å². The first kappa shape index (κ1) is 17.2. The Kier molecular flexibility index (Phi) is 5.19. The molecule has 2 aromatic carbocycles. The number of rotatable bonds is 5. The van der Waals surface area contributed by atoms with Crippen LogP contribution in [0.15, 0.2) is 42.5 Å². The average molecular weight is 361 g/mol. The molecular formula is C18H17ClN2O4. The van der Waals surface area contributed by atoms with Crippen molar-refractivity contribution in [2.45, 2.75) is 25.3 Å². The first-order valence-corrected chi connectivity index (χ1v) is 8.36. The minimum Gasteiger partial charge on any atom is -0.477 e. The molecule has 1 amide bonds. The molecule has 0 saturated heterocycles. The van der Waals surface area contributed by atoms with Crippen molar-refractivity contribution in [3.05, 3.63) is 68.7 Å². The molecule has 0 radical (unpaired) electrons. The average Bonchev–Trinajstić information content (AvgIpc) is 2.61. The van der Waals surface area contributed by atoms with Gasteiger partial charge in [-0.3, -0.25) is 14.9 Å². The number of carbonyl (C=O) groups excluding carboxylic acids is 1. The van der Waals surface area contributed by atoms with Crippen molar-refractivity contribution < 1.29 is 14.5 Å². The number of benzene rings is 2. The summed E-state index contributed by atoms with van der Waals surface area (Å²) in [5, 5.41) is 14.2. The van der Waals surface area contributed by atoms with E-state index in [1.807, 2.05) is 18.2 Å². The number of amides is 1. The zero-order valence-electron chi connectivity index (χ0n) is 13.4. The van der Waals surface area contributed by atoms with E-state index in [1.165, 1.54) is 23.8 Å². The monoisotopic (exact) mass is 360 g/mol. The van der Waals surface area contributed by atoms with Gasteiger partial charge in [0.25, 0.3) is 5.91 Å². The fourth-order valence-electron chi connectivity index (χ4n) is 3.04. The highest BCUT2D eigenvalue weighted by Gasteiger charge is 2.22. The molecule has 0 aliphatic heterocycles. The van der Waals surface area contributed by atoms with Crippen molar-refractivity contribution in [3.63, 3.8) is 0 Å². The largest absolute Gasteiger partial charge is 0.477 e. The molecule has 0 saturated carbocycles. The lowest BCUT2D eigenvalue weighted by molar-refractivity contribution is -0.385. The molecule has 0 aromatic heterocycles. The van der Waals surface area contributed by atoms with Crippen LogP contribution in [0.3, 0.4) is 0 Å². The van der Waals surface area contributed by atoms with Crippen molar-refractivity contribution in [1.82, 2.24) is 5.32 Å². The van der Waals surface area contributed by atoms with Crippen molar-refractivity contribution in [2.75, 3.05) is 6.61 Å². The summed E-state index contributed by atoms with van der Waals surface area (Å²) in [4.78, 5) is 22.7. The number of nitro groups is 1. The summed E-state index contributed by atoms with van der Waals surface area (Å²) < 4.78 is 5.33. The fraction of sp³-hybridized carbons (Fsp3) is 0.278. The van der Waals surface area contributed by atoms with Gasteiger partial charge in [-0.05, 0) is 42.5 Å². The maximum Gasteiger partial charge on any atom is 0.312 e. The molecular weight excluding hydrogens is 344 g/mol. The Bertz CT molecular complexity index is 809. The predicted octanol–water partition coefficient (Wildman–Crippen LogP) is 3.82. The van der Waals surface area contributed by atoms with Crippen LogP contribution in [0, 0.1) is 10.1 Å². The van der Waals surface area contributed by atoms with E-state index < -0.39 is 4.92 Å². The number of nitrogens with zero attached hydrogens (tertiary/aromatic N) is 1. The summed E-state index contributed by atoms with van der Waals surface area (Å²) in [7, 11) is 0. The predicted molar refractivity (Wildman–Crippen MR) is 93.9 cm³/mol. The summed E-state index contributed by atoms with van der Waals surface area (Å²) in [5.41, 5.74) is 2.11. The summed E-state index contributed by atoms with van der Waals surface area (Å²) in [6.07, 6.45) is 2.88. The highest BCUT2D eigenvalue weighted by molar-refractivity contribution is 6.30. The van der Waals surface area contributed by atoms with Crippen LogP contribution in [0.25, 0.3) is 0 Å². The second-order valence-electron chi connectivity index (χ2n) is 5.87. The molecule has 0 heterocycles. The number of hydrogen-bond donors (Lipinski definition) is 1. The molecule has 0 bridgehead atoms. The van der Waals surface area contributed by atoms with E-state index in [0.29, 0.717) is 0 Å². The number of nitrogens with one attached hydrogen (secondary N) is 1. The maximum atomic E-state index is 12.2.